The maximum Gasteiger partial charge on any atom is 0.335 e. The number of carboxylic acid groups (broad SMARTS) is 1. The average molecular weight is 286 g/mol. The van der Waals surface area contributed by atoms with Gasteiger partial charge in [-0.05, 0) is 18.2 Å². The van der Waals surface area contributed by atoms with E-state index in [1.807, 2.05) is 0 Å². The van der Waals surface area contributed by atoms with Crippen molar-refractivity contribution in [3.63, 3.8) is 0 Å². The Morgan fingerprint density at radius 3 is 2.25 bits per heavy atom. The van der Waals surface area contributed by atoms with Crippen LogP contribution < -0.4 is 5.32 Å². The molecule has 8 heteroatoms. The van der Waals surface area contributed by atoms with Crippen LogP contribution in [0.3, 0.4) is 0 Å². The summed E-state index contributed by atoms with van der Waals surface area (Å²) in [5.74, 6) is -2.16. The first-order valence-corrected chi connectivity index (χ1v) is 5.80. The summed E-state index contributed by atoms with van der Waals surface area (Å²) in [6.45, 7) is -0.621. The Morgan fingerprint density at radius 1 is 1.20 bits per heavy atom. The second kappa shape index (κ2) is 7.41. The molecule has 1 rings (SSSR count). The van der Waals surface area contributed by atoms with Crippen molar-refractivity contribution in [2.45, 2.75) is 0 Å². The molecule has 110 valence electrons. The minimum atomic E-state index is -1.27. The molecule has 0 heterocycles. The van der Waals surface area contributed by atoms with Gasteiger partial charge >= 0.3 is 12.0 Å². The number of urea groups is 1. The molecule has 0 fully saturated rings. The molecule has 1 aromatic carbocycles. The molecule has 20 heavy (non-hydrogen) atoms. The van der Waals surface area contributed by atoms with Crippen LogP contribution in [-0.4, -0.2) is 58.5 Å². The minimum absolute atomic E-state index is 0.0127. The number of nitrogens with zero attached hydrogens (tertiary/aromatic N) is 1. The van der Waals surface area contributed by atoms with Gasteiger partial charge in [0.15, 0.2) is 0 Å². The fourth-order valence-corrected chi connectivity index (χ4v) is 1.50. The van der Waals surface area contributed by atoms with Gasteiger partial charge in [0.2, 0.25) is 0 Å². The van der Waals surface area contributed by atoms with Crippen LogP contribution in [0.5, 0.6) is 0 Å². The van der Waals surface area contributed by atoms with Crippen LogP contribution in [-0.2, 0) is 0 Å². The van der Waals surface area contributed by atoms with Crippen LogP contribution in [0.2, 0.25) is 0 Å². The number of benzene rings is 1. The monoisotopic (exact) mass is 286 g/mol. The van der Waals surface area contributed by atoms with Gasteiger partial charge in [0.25, 0.3) is 0 Å². The van der Waals surface area contributed by atoms with Crippen molar-refractivity contribution in [2.75, 3.05) is 31.6 Å². The van der Waals surface area contributed by atoms with E-state index < -0.39 is 17.8 Å². The summed E-state index contributed by atoms with van der Waals surface area (Å²) in [7, 11) is 0. The number of hydrogen-bond donors (Lipinski definition) is 4. The number of aromatic carboxylic acids is 1. The van der Waals surface area contributed by atoms with Crippen molar-refractivity contribution in [3.05, 3.63) is 29.6 Å². The average Bonchev–Trinajstić information content (AvgIpc) is 2.40. The first-order chi connectivity index (χ1) is 9.49. The largest absolute Gasteiger partial charge is 0.478 e. The number of carbonyl (C=O) groups is 2. The third kappa shape index (κ3) is 4.18. The summed E-state index contributed by atoms with van der Waals surface area (Å²) in [5.41, 5.74) is -0.413. The molecule has 0 bridgehead atoms. The second-order valence-electron chi connectivity index (χ2n) is 3.86. The number of nitrogens with one attached hydrogen (secondary N) is 1. The van der Waals surface area contributed by atoms with E-state index in [4.69, 9.17) is 15.3 Å². The molecule has 2 amide bonds. The lowest BCUT2D eigenvalue weighted by Gasteiger charge is -2.21. The molecule has 0 spiro atoms. The lowest BCUT2D eigenvalue weighted by molar-refractivity contribution is 0.0696. The molecule has 0 aromatic heterocycles. The SMILES string of the molecule is O=C(O)c1ccc(NC(=O)N(CCO)CCO)c(F)c1. The summed E-state index contributed by atoms with van der Waals surface area (Å²) >= 11 is 0. The highest BCUT2D eigenvalue weighted by atomic mass is 19.1. The predicted octanol–water partition coefficient (Wildman–Crippen LogP) is 0.342. The summed E-state index contributed by atoms with van der Waals surface area (Å²) in [5, 5.41) is 28.5. The zero-order valence-electron chi connectivity index (χ0n) is 10.5. The van der Waals surface area contributed by atoms with Crippen LogP contribution in [0.1, 0.15) is 10.4 Å². The molecule has 0 aliphatic rings. The lowest BCUT2D eigenvalue weighted by atomic mass is 10.2. The molecule has 4 N–H and O–H groups in total. The Morgan fingerprint density at radius 2 is 1.80 bits per heavy atom. The number of hydrogen-bond acceptors (Lipinski definition) is 4. The zero-order valence-corrected chi connectivity index (χ0v) is 10.5. The normalized spacial score (nSPS) is 10.2. The highest BCUT2D eigenvalue weighted by molar-refractivity contribution is 5.91. The summed E-state index contributed by atoms with van der Waals surface area (Å²) in [6.07, 6.45) is 0. The van der Waals surface area contributed by atoms with E-state index in [-0.39, 0.29) is 37.6 Å². The highest BCUT2D eigenvalue weighted by Crippen LogP contribution is 2.16. The summed E-state index contributed by atoms with van der Waals surface area (Å²) in [4.78, 5) is 23.5. The molecule has 0 aliphatic carbocycles. The highest BCUT2D eigenvalue weighted by Gasteiger charge is 2.15. The predicted molar refractivity (Wildman–Crippen MR) is 68.1 cm³/mol. The summed E-state index contributed by atoms with van der Waals surface area (Å²) < 4.78 is 13.6. The number of carbonyl (C=O) groups excluding carboxylic acids is 1. The smallest absolute Gasteiger partial charge is 0.335 e. The van der Waals surface area contributed by atoms with Crippen molar-refractivity contribution in [1.29, 1.82) is 0 Å². The molecule has 0 saturated heterocycles. The number of amides is 2. The lowest BCUT2D eigenvalue weighted by Crippen LogP contribution is -2.39. The van der Waals surface area contributed by atoms with Gasteiger partial charge in [0.05, 0.1) is 24.5 Å². The molecule has 0 radical (unpaired) electrons. The fourth-order valence-electron chi connectivity index (χ4n) is 1.50. The Balaban J connectivity index is 2.81. The Bertz CT molecular complexity index is 489. The van der Waals surface area contributed by atoms with E-state index >= 15 is 0 Å². The van der Waals surface area contributed by atoms with Gasteiger partial charge in [-0.15, -0.1) is 0 Å². The van der Waals surface area contributed by atoms with Gasteiger partial charge in [-0.25, -0.2) is 14.0 Å². The first-order valence-electron chi connectivity index (χ1n) is 5.80. The van der Waals surface area contributed by atoms with E-state index in [2.05, 4.69) is 5.32 Å². The van der Waals surface area contributed by atoms with E-state index in [0.29, 0.717) is 0 Å². The molecule has 0 aliphatic heterocycles. The number of aliphatic hydroxyl groups excluding tert-OH is 2. The van der Waals surface area contributed by atoms with Crippen molar-refractivity contribution >= 4 is 17.7 Å². The van der Waals surface area contributed by atoms with Crippen LogP contribution in [0.25, 0.3) is 0 Å². The van der Waals surface area contributed by atoms with Crippen LogP contribution in [0.4, 0.5) is 14.9 Å². The van der Waals surface area contributed by atoms with Gasteiger partial charge in [0, 0.05) is 13.1 Å². The van der Waals surface area contributed by atoms with Gasteiger partial charge in [-0.1, -0.05) is 0 Å². The first kappa shape index (κ1) is 15.9. The van der Waals surface area contributed by atoms with Crippen LogP contribution >= 0.6 is 0 Å². The standard InChI is InChI=1S/C12H15FN2O5/c13-9-7-8(11(18)19)1-2-10(9)14-12(20)15(3-5-16)4-6-17/h1-2,7,16-17H,3-6H2,(H,14,20)(H,18,19). The van der Waals surface area contributed by atoms with Crippen molar-refractivity contribution in [2.24, 2.45) is 0 Å². The van der Waals surface area contributed by atoms with Gasteiger partial charge in [0.1, 0.15) is 5.82 Å². The molecular weight excluding hydrogens is 271 g/mol. The number of halogens is 1. The molecule has 7 nitrogen and oxygen atoms in total. The topological polar surface area (TPSA) is 110 Å². The van der Waals surface area contributed by atoms with Crippen LogP contribution in [0, 0.1) is 5.82 Å². The molecular formula is C12H15FN2O5. The van der Waals surface area contributed by atoms with Crippen LogP contribution in [0.15, 0.2) is 18.2 Å². The minimum Gasteiger partial charge on any atom is -0.478 e. The third-order valence-corrected chi connectivity index (χ3v) is 2.48. The van der Waals surface area contributed by atoms with Crippen molar-refractivity contribution in [3.8, 4) is 0 Å². The van der Waals surface area contributed by atoms with E-state index in [9.17, 15) is 14.0 Å². The number of anilines is 1. The molecule has 0 atom stereocenters. The summed E-state index contributed by atoms with van der Waals surface area (Å²) in [6, 6.07) is 2.38. The second-order valence-corrected chi connectivity index (χ2v) is 3.86. The zero-order chi connectivity index (χ0) is 15.1. The van der Waals surface area contributed by atoms with Crippen molar-refractivity contribution < 1.29 is 29.3 Å². The van der Waals surface area contributed by atoms with Gasteiger partial charge in [-0.3, -0.25) is 0 Å². The maximum atomic E-state index is 13.6. The van der Waals surface area contributed by atoms with Gasteiger partial charge in [-0.2, -0.15) is 0 Å². The Hall–Kier alpha value is -2.19. The van der Waals surface area contributed by atoms with Crippen molar-refractivity contribution in [1.82, 2.24) is 4.90 Å². The number of aliphatic hydroxyl groups is 2. The Labute approximate surface area is 114 Å². The van der Waals surface area contributed by atoms with E-state index in [1.165, 1.54) is 0 Å². The number of rotatable bonds is 6. The van der Waals surface area contributed by atoms with E-state index in [0.717, 1.165) is 23.1 Å². The Kier molecular flexibility index (Phi) is 5.88. The molecule has 0 unspecified atom stereocenters. The third-order valence-electron chi connectivity index (χ3n) is 2.48. The molecule has 1 aromatic rings. The van der Waals surface area contributed by atoms with Gasteiger partial charge < -0.3 is 25.5 Å². The maximum absolute atomic E-state index is 13.6. The fraction of sp³-hybridized carbons (Fsp3) is 0.333. The number of carboxylic acids is 1. The quantitative estimate of drug-likeness (QED) is 0.603. The molecule has 0 saturated carbocycles. The van der Waals surface area contributed by atoms with E-state index in [1.54, 1.807) is 0 Å².